The third-order valence-corrected chi connectivity index (χ3v) is 8.25. The van der Waals surface area contributed by atoms with Gasteiger partial charge in [-0.25, -0.2) is 8.42 Å². The Hall–Kier alpha value is -1.45. The second kappa shape index (κ2) is 7.43. The summed E-state index contributed by atoms with van der Waals surface area (Å²) in [5.74, 6) is -0.0335. The molecule has 1 aromatic rings. The van der Waals surface area contributed by atoms with Crippen LogP contribution in [0.3, 0.4) is 0 Å². The van der Waals surface area contributed by atoms with Crippen LogP contribution in [0.5, 0.6) is 0 Å². The summed E-state index contributed by atoms with van der Waals surface area (Å²) in [6, 6.07) is 3.46. The number of piperidine rings is 1. The molecule has 3 heterocycles. The molecule has 0 N–H and O–H groups in total. The highest BCUT2D eigenvalue weighted by Gasteiger charge is 2.35. The van der Waals surface area contributed by atoms with E-state index in [1.54, 1.807) is 15.9 Å². The normalized spacial score (nSPS) is 20.7. The largest absolute Gasteiger partial charge is 0.342 e. The van der Waals surface area contributed by atoms with Crippen LogP contribution in [0.25, 0.3) is 0 Å². The van der Waals surface area contributed by atoms with E-state index in [9.17, 15) is 18.0 Å². The summed E-state index contributed by atoms with van der Waals surface area (Å²) in [6.07, 6.45) is 1.92. The quantitative estimate of drug-likeness (QED) is 0.717. The van der Waals surface area contributed by atoms with Crippen LogP contribution < -0.4 is 0 Å². The molecule has 0 bridgehead atoms. The van der Waals surface area contributed by atoms with Gasteiger partial charge in [-0.2, -0.15) is 4.31 Å². The van der Waals surface area contributed by atoms with E-state index >= 15 is 0 Å². The lowest BCUT2D eigenvalue weighted by atomic mass is 9.96. The van der Waals surface area contributed by atoms with Crippen molar-refractivity contribution in [2.75, 3.05) is 39.3 Å². The van der Waals surface area contributed by atoms with Gasteiger partial charge in [0.25, 0.3) is 10.0 Å². The smallest absolute Gasteiger partial charge is 0.252 e. The first-order chi connectivity index (χ1) is 11.9. The Morgan fingerprint density at radius 1 is 1.12 bits per heavy atom. The Morgan fingerprint density at radius 3 is 2.28 bits per heavy atom. The Balaban J connectivity index is 1.57. The molecule has 2 aliphatic heterocycles. The van der Waals surface area contributed by atoms with Gasteiger partial charge in [-0.15, -0.1) is 11.3 Å². The number of piperazine rings is 1. The molecule has 9 heteroatoms. The Morgan fingerprint density at radius 2 is 1.76 bits per heavy atom. The van der Waals surface area contributed by atoms with Crippen LogP contribution in [0.1, 0.15) is 17.7 Å². The summed E-state index contributed by atoms with van der Waals surface area (Å²) in [7, 11) is -3.44. The molecule has 2 saturated heterocycles. The first-order valence-corrected chi connectivity index (χ1v) is 10.7. The van der Waals surface area contributed by atoms with E-state index < -0.39 is 10.0 Å². The molecule has 2 fully saturated rings. The topological polar surface area (TPSA) is 78.0 Å². The molecule has 0 atom stereocenters. The molecule has 2 aliphatic rings. The van der Waals surface area contributed by atoms with Crippen molar-refractivity contribution in [3.8, 4) is 0 Å². The van der Waals surface area contributed by atoms with Gasteiger partial charge in [0.15, 0.2) is 0 Å². The number of carbonyl (C=O) groups excluding carboxylic acids is 2. The van der Waals surface area contributed by atoms with Gasteiger partial charge < -0.3 is 9.80 Å². The fourth-order valence-corrected chi connectivity index (χ4v) is 6.23. The maximum absolute atomic E-state index is 12.7. The molecule has 0 spiro atoms. The molecule has 0 radical (unpaired) electrons. The number of rotatable bonds is 4. The van der Waals surface area contributed by atoms with Crippen molar-refractivity contribution in [2.45, 2.75) is 24.0 Å². The maximum atomic E-state index is 12.7. The third kappa shape index (κ3) is 3.88. The van der Waals surface area contributed by atoms with E-state index in [0.29, 0.717) is 56.3 Å². The summed E-state index contributed by atoms with van der Waals surface area (Å²) in [4.78, 5) is 27.8. The third-order valence-electron chi connectivity index (χ3n) is 4.89. The van der Waals surface area contributed by atoms with Crippen LogP contribution >= 0.6 is 11.3 Å². The summed E-state index contributed by atoms with van der Waals surface area (Å²) in [5, 5.41) is 0. The number of hydrogen-bond acceptors (Lipinski definition) is 5. The van der Waals surface area contributed by atoms with Gasteiger partial charge in [-0.05, 0) is 31.9 Å². The molecule has 2 amide bonds. The minimum absolute atomic E-state index is 0.0922. The van der Waals surface area contributed by atoms with Crippen molar-refractivity contribution in [3.63, 3.8) is 0 Å². The summed E-state index contributed by atoms with van der Waals surface area (Å²) in [6.45, 7) is 4.91. The molecule has 1 aromatic heterocycles. The predicted octanol–water partition coefficient (Wildman–Crippen LogP) is 0.758. The van der Waals surface area contributed by atoms with Crippen molar-refractivity contribution in [1.29, 1.82) is 0 Å². The van der Waals surface area contributed by atoms with Crippen LogP contribution in [0, 0.1) is 12.8 Å². The van der Waals surface area contributed by atoms with Gasteiger partial charge in [-0.1, -0.05) is 0 Å². The molecular formula is C16H23N3O4S2. The van der Waals surface area contributed by atoms with Crippen LogP contribution in [0.4, 0.5) is 0 Å². The van der Waals surface area contributed by atoms with E-state index in [0.717, 1.165) is 11.3 Å². The van der Waals surface area contributed by atoms with E-state index in [2.05, 4.69) is 0 Å². The summed E-state index contributed by atoms with van der Waals surface area (Å²) >= 11 is 1.28. The number of amides is 2. The standard InChI is InChI=1S/C16H23N3O4S2/c1-13-2-3-15(24-13)25(22,23)19-6-4-14(5-7-19)16(21)18-10-8-17(12-20)9-11-18/h2-3,12,14H,4-11H2,1H3. The monoisotopic (exact) mass is 385 g/mol. The second-order valence-electron chi connectivity index (χ2n) is 6.51. The van der Waals surface area contributed by atoms with Gasteiger partial charge in [0, 0.05) is 50.1 Å². The number of sulfonamides is 1. The van der Waals surface area contributed by atoms with E-state index in [-0.39, 0.29) is 11.8 Å². The summed E-state index contributed by atoms with van der Waals surface area (Å²) < 4.78 is 27.2. The van der Waals surface area contributed by atoms with Crippen LogP contribution in [0.2, 0.25) is 0 Å². The van der Waals surface area contributed by atoms with Gasteiger partial charge in [-0.3, -0.25) is 9.59 Å². The first-order valence-electron chi connectivity index (χ1n) is 8.46. The highest BCUT2D eigenvalue weighted by molar-refractivity contribution is 7.91. The predicted molar refractivity (Wildman–Crippen MR) is 94.8 cm³/mol. The number of nitrogens with zero attached hydrogens (tertiary/aromatic N) is 3. The van der Waals surface area contributed by atoms with Crippen molar-refractivity contribution in [2.24, 2.45) is 5.92 Å². The average Bonchev–Trinajstić information content (AvgIpc) is 3.08. The minimum atomic E-state index is -3.44. The zero-order valence-corrected chi connectivity index (χ0v) is 15.9. The van der Waals surface area contributed by atoms with Crippen LogP contribution in [-0.4, -0.2) is 74.1 Å². The minimum Gasteiger partial charge on any atom is -0.342 e. The zero-order valence-electron chi connectivity index (χ0n) is 14.3. The maximum Gasteiger partial charge on any atom is 0.252 e. The lowest BCUT2D eigenvalue weighted by Gasteiger charge is -2.37. The highest BCUT2D eigenvalue weighted by Crippen LogP contribution is 2.28. The molecule has 25 heavy (non-hydrogen) atoms. The molecule has 3 rings (SSSR count). The van der Waals surface area contributed by atoms with Crippen molar-refractivity contribution in [1.82, 2.24) is 14.1 Å². The Bertz CT molecular complexity index is 730. The highest BCUT2D eigenvalue weighted by atomic mass is 32.2. The van der Waals surface area contributed by atoms with Gasteiger partial charge in [0.2, 0.25) is 12.3 Å². The average molecular weight is 386 g/mol. The second-order valence-corrected chi connectivity index (χ2v) is 9.96. The zero-order chi connectivity index (χ0) is 18.0. The Kier molecular flexibility index (Phi) is 5.45. The lowest BCUT2D eigenvalue weighted by Crippen LogP contribution is -2.51. The SMILES string of the molecule is Cc1ccc(S(=O)(=O)N2CCC(C(=O)N3CCN(C=O)CC3)CC2)s1. The summed E-state index contributed by atoms with van der Waals surface area (Å²) in [5.41, 5.74) is 0. The van der Waals surface area contributed by atoms with Crippen molar-refractivity contribution < 1.29 is 18.0 Å². The molecule has 0 aromatic carbocycles. The Labute approximate surface area is 152 Å². The molecular weight excluding hydrogens is 362 g/mol. The van der Waals surface area contributed by atoms with E-state index in [1.807, 2.05) is 13.0 Å². The van der Waals surface area contributed by atoms with Crippen molar-refractivity contribution >= 4 is 33.7 Å². The fraction of sp³-hybridized carbons (Fsp3) is 0.625. The lowest BCUT2D eigenvalue weighted by molar-refractivity contribution is -0.140. The molecule has 7 nitrogen and oxygen atoms in total. The van der Waals surface area contributed by atoms with Gasteiger partial charge >= 0.3 is 0 Å². The number of hydrogen-bond donors (Lipinski definition) is 0. The number of carbonyl (C=O) groups is 2. The van der Waals surface area contributed by atoms with Crippen molar-refractivity contribution in [3.05, 3.63) is 17.0 Å². The molecule has 138 valence electrons. The van der Waals surface area contributed by atoms with Gasteiger partial charge in [0.05, 0.1) is 0 Å². The van der Waals surface area contributed by atoms with Gasteiger partial charge in [0.1, 0.15) is 4.21 Å². The molecule has 0 aliphatic carbocycles. The first kappa shape index (κ1) is 18.3. The fourth-order valence-electron chi connectivity index (χ4n) is 3.33. The molecule has 0 unspecified atom stereocenters. The van der Waals surface area contributed by atoms with Crippen LogP contribution in [-0.2, 0) is 19.6 Å². The van der Waals surface area contributed by atoms with E-state index in [4.69, 9.17) is 0 Å². The number of aryl methyl sites for hydroxylation is 1. The van der Waals surface area contributed by atoms with Crippen LogP contribution in [0.15, 0.2) is 16.3 Å². The number of thiophene rings is 1. The molecule has 0 saturated carbocycles. The van der Waals surface area contributed by atoms with E-state index in [1.165, 1.54) is 15.6 Å².